The molecule has 240 valence electrons. The van der Waals surface area contributed by atoms with Crippen LogP contribution in [0.2, 0.25) is 5.15 Å². The van der Waals surface area contributed by atoms with E-state index in [1.807, 2.05) is 25.7 Å². The molecule has 0 saturated carbocycles. The molecule has 4 heterocycles. The topological polar surface area (TPSA) is 86.3 Å². The molecule has 1 amide bonds. The maximum absolute atomic E-state index is 16.9. The molecule has 2 fully saturated rings. The molecule has 9 nitrogen and oxygen atoms in total. The third kappa shape index (κ3) is 5.66. The first-order chi connectivity index (χ1) is 21.9. The van der Waals surface area contributed by atoms with Crippen molar-refractivity contribution in [2.45, 2.75) is 45.4 Å². The zero-order valence-corrected chi connectivity index (χ0v) is 26.9. The van der Waals surface area contributed by atoms with Crippen molar-refractivity contribution in [2.75, 3.05) is 45.1 Å². The Hall–Kier alpha value is -4.24. The molecule has 2 aromatic carbocycles. The van der Waals surface area contributed by atoms with E-state index >= 15 is 4.39 Å². The highest BCUT2D eigenvalue weighted by Gasteiger charge is 2.43. The van der Waals surface area contributed by atoms with E-state index in [-0.39, 0.29) is 46.2 Å². The van der Waals surface area contributed by atoms with Gasteiger partial charge in [0.25, 0.3) is 0 Å². The van der Waals surface area contributed by atoms with Crippen molar-refractivity contribution in [1.82, 2.24) is 14.9 Å². The summed E-state index contributed by atoms with van der Waals surface area (Å²) in [5.74, 6) is 1.91. The molecule has 0 N–H and O–H groups in total. The molecule has 2 aromatic heterocycles. The molecule has 12 heteroatoms. The number of morpholine rings is 1. The summed E-state index contributed by atoms with van der Waals surface area (Å²) in [6.45, 7) is 8.42. The summed E-state index contributed by atoms with van der Waals surface area (Å²) < 4.78 is 54.0. The Bertz CT molecular complexity index is 1890. The van der Waals surface area contributed by atoms with Crippen molar-refractivity contribution >= 4 is 45.1 Å². The van der Waals surface area contributed by atoms with Crippen LogP contribution in [0, 0.1) is 30.9 Å². The van der Waals surface area contributed by atoms with E-state index in [0.29, 0.717) is 59.6 Å². The van der Waals surface area contributed by atoms with Gasteiger partial charge in [0, 0.05) is 48.1 Å². The molecule has 2 saturated heterocycles. The number of aryl methyl sites for hydroxylation is 1. The number of methoxy groups -OCH3 is 1. The highest BCUT2D eigenvalue weighted by molar-refractivity contribution is 6.31. The molecule has 0 radical (unpaired) electrons. The Labute approximate surface area is 270 Å². The molecular weight excluding hydrogens is 618 g/mol. The lowest BCUT2D eigenvalue weighted by atomic mass is 9.95. The van der Waals surface area contributed by atoms with Gasteiger partial charge in [0.05, 0.1) is 30.9 Å². The maximum Gasteiger partial charge on any atom is 0.411 e. The number of hydrogen-bond donors (Lipinski definition) is 0. The van der Waals surface area contributed by atoms with Gasteiger partial charge in [0.15, 0.2) is 12.6 Å². The van der Waals surface area contributed by atoms with E-state index in [1.165, 1.54) is 19.4 Å². The summed E-state index contributed by atoms with van der Waals surface area (Å²) in [6, 6.07) is 5.41. The quantitative estimate of drug-likeness (QED) is 0.138. The second-order valence-electron chi connectivity index (χ2n) is 12.4. The zero-order chi connectivity index (χ0) is 32.9. The third-order valence-electron chi connectivity index (χ3n) is 8.11. The second-order valence-corrected chi connectivity index (χ2v) is 12.7. The average molecular weight is 651 g/mol. The molecule has 0 aliphatic carbocycles. The van der Waals surface area contributed by atoms with Crippen LogP contribution in [0.15, 0.2) is 30.5 Å². The lowest BCUT2D eigenvalue weighted by Gasteiger charge is -2.49. The lowest BCUT2D eigenvalue weighted by Crippen LogP contribution is -2.66. The van der Waals surface area contributed by atoms with Gasteiger partial charge in [-0.2, -0.15) is 0 Å². The summed E-state index contributed by atoms with van der Waals surface area (Å²) in [4.78, 5) is 26.1. The molecule has 46 heavy (non-hydrogen) atoms. The lowest BCUT2D eigenvalue weighted by molar-refractivity contribution is -0.0665. The van der Waals surface area contributed by atoms with Crippen LogP contribution in [0.1, 0.15) is 31.9 Å². The minimum Gasteiger partial charge on any atom is -0.468 e. The minimum absolute atomic E-state index is 0.0196. The molecule has 6 rings (SSSR count). The average Bonchev–Trinajstić information content (AvgIpc) is 3.00. The summed E-state index contributed by atoms with van der Waals surface area (Å²) >= 11 is 6.66. The first-order valence-corrected chi connectivity index (χ1v) is 15.1. The van der Waals surface area contributed by atoms with Crippen molar-refractivity contribution in [2.24, 2.45) is 0 Å². The molecule has 0 spiro atoms. The number of benzene rings is 2. The van der Waals surface area contributed by atoms with Crippen LogP contribution < -0.4 is 9.64 Å². The van der Waals surface area contributed by atoms with Gasteiger partial charge >= 0.3 is 6.09 Å². The number of aromatic nitrogens is 2. The van der Waals surface area contributed by atoms with Gasteiger partial charge in [0.1, 0.15) is 33.8 Å². The number of halogens is 3. The molecule has 2 unspecified atom stereocenters. The summed E-state index contributed by atoms with van der Waals surface area (Å²) in [5, 5.41) is 1.63. The zero-order valence-electron chi connectivity index (χ0n) is 26.1. The molecule has 4 aromatic rings. The van der Waals surface area contributed by atoms with Gasteiger partial charge in [-0.3, -0.25) is 9.88 Å². The number of amides is 1. The van der Waals surface area contributed by atoms with Crippen molar-refractivity contribution in [3.05, 3.63) is 58.4 Å². The number of fused-ring (bicyclic) bond motifs is 4. The van der Waals surface area contributed by atoms with Crippen molar-refractivity contribution in [3.8, 4) is 29.4 Å². The van der Waals surface area contributed by atoms with Gasteiger partial charge in [-0.15, -0.1) is 6.42 Å². The van der Waals surface area contributed by atoms with Gasteiger partial charge in [-0.1, -0.05) is 23.6 Å². The largest absolute Gasteiger partial charge is 0.468 e. The Kier molecular flexibility index (Phi) is 8.40. The SMILES string of the molecule is C#Cc1c(F)ccc2cc(OCOC)cc(-c3ncc4c(N5CC6COCC(C5)N6C(=O)OC(C)(C)C)nc(Cl)c(C)c4c3F)c12. The Morgan fingerprint density at radius 3 is 2.54 bits per heavy atom. The minimum atomic E-state index is -0.672. The summed E-state index contributed by atoms with van der Waals surface area (Å²) in [5.41, 5.74) is -0.0633. The number of rotatable bonds is 5. The van der Waals surface area contributed by atoms with Crippen LogP contribution in [0.5, 0.6) is 5.75 Å². The van der Waals surface area contributed by atoms with Crippen LogP contribution in [0.3, 0.4) is 0 Å². The number of pyridine rings is 2. The maximum atomic E-state index is 16.9. The number of terminal acetylenes is 1. The fourth-order valence-electron chi connectivity index (χ4n) is 6.19. The standard InChI is InChI=1S/C34H33ClF2N4O5/c1-7-23-26(36)9-8-19-10-22(45-17-43-6)11-24(28(19)23)30-29(37)27-18(2)31(35)39-32(25(27)12-38-30)40-13-20-15-44-16-21(14-40)41(20)33(42)46-34(3,4)5/h1,8-12,20-21H,13-17H2,2-6H3. The number of hydrogen-bond acceptors (Lipinski definition) is 8. The smallest absolute Gasteiger partial charge is 0.411 e. The number of carbonyl (C=O) groups is 1. The van der Waals surface area contributed by atoms with Gasteiger partial charge in [0.2, 0.25) is 0 Å². The normalized spacial score (nSPS) is 18.2. The van der Waals surface area contributed by atoms with Crippen molar-refractivity contribution in [1.29, 1.82) is 0 Å². The predicted octanol–water partition coefficient (Wildman–Crippen LogP) is 6.48. The Morgan fingerprint density at radius 2 is 1.89 bits per heavy atom. The highest BCUT2D eigenvalue weighted by Crippen LogP contribution is 2.41. The van der Waals surface area contributed by atoms with Crippen molar-refractivity contribution < 1.29 is 32.5 Å². The van der Waals surface area contributed by atoms with E-state index in [1.54, 1.807) is 30.0 Å². The molecule has 2 aliphatic rings. The van der Waals surface area contributed by atoms with Crippen molar-refractivity contribution in [3.63, 3.8) is 0 Å². The van der Waals surface area contributed by atoms with Gasteiger partial charge < -0.3 is 23.8 Å². The van der Waals surface area contributed by atoms with Crippen LogP contribution in [0.4, 0.5) is 19.4 Å². The number of piperazine rings is 1. The van der Waals surface area contributed by atoms with E-state index < -0.39 is 23.3 Å². The number of nitrogens with zero attached hydrogens (tertiary/aromatic N) is 4. The Balaban J connectivity index is 1.48. The molecule has 2 aliphatic heterocycles. The number of carbonyl (C=O) groups excluding carboxylic acids is 1. The fourth-order valence-corrected chi connectivity index (χ4v) is 6.37. The monoisotopic (exact) mass is 650 g/mol. The summed E-state index contributed by atoms with van der Waals surface area (Å²) in [6.07, 6.45) is 6.86. The molecular formula is C34H33ClF2N4O5. The number of ether oxygens (including phenoxy) is 4. The van der Waals surface area contributed by atoms with Crippen LogP contribution in [0.25, 0.3) is 32.8 Å². The van der Waals surface area contributed by atoms with Crippen LogP contribution in [-0.4, -0.2) is 78.9 Å². The summed E-state index contributed by atoms with van der Waals surface area (Å²) in [7, 11) is 1.48. The highest BCUT2D eigenvalue weighted by atomic mass is 35.5. The van der Waals surface area contributed by atoms with E-state index in [0.717, 1.165) is 0 Å². The second kappa shape index (κ2) is 12.2. The third-order valence-corrected chi connectivity index (χ3v) is 8.47. The Morgan fingerprint density at radius 1 is 1.17 bits per heavy atom. The van der Waals surface area contributed by atoms with Gasteiger partial charge in [-0.25, -0.2) is 18.6 Å². The van der Waals surface area contributed by atoms with Crippen LogP contribution in [-0.2, 0) is 14.2 Å². The van der Waals surface area contributed by atoms with Gasteiger partial charge in [-0.05, 0) is 56.8 Å². The first-order valence-electron chi connectivity index (χ1n) is 14.7. The first kappa shape index (κ1) is 31.7. The fraction of sp³-hybridized carbons (Fsp3) is 0.382. The molecule has 2 atom stereocenters. The van der Waals surface area contributed by atoms with E-state index in [9.17, 15) is 9.18 Å². The van der Waals surface area contributed by atoms with Crippen LogP contribution >= 0.6 is 11.6 Å². The number of anilines is 1. The van der Waals surface area contributed by atoms with E-state index in [4.69, 9.17) is 37.0 Å². The predicted molar refractivity (Wildman–Crippen MR) is 171 cm³/mol. The molecule has 2 bridgehead atoms. The van der Waals surface area contributed by atoms with E-state index in [2.05, 4.69) is 15.9 Å².